The Hall–Kier alpha value is -1.58. The Morgan fingerprint density at radius 2 is 2.11 bits per heavy atom. The fourth-order valence-electron chi connectivity index (χ4n) is 2.23. The fourth-order valence-corrected chi connectivity index (χ4v) is 2.23. The molecule has 0 aliphatic rings. The van der Waals surface area contributed by atoms with Crippen LogP contribution in [-0.2, 0) is 4.79 Å². The average Bonchev–Trinajstić information content (AvgIpc) is 2.92. The van der Waals surface area contributed by atoms with Crippen LogP contribution in [0, 0.1) is 11.8 Å². The van der Waals surface area contributed by atoms with Crippen molar-refractivity contribution in [2.24, 2.45) is 11.8 Å². The lowest BCUT2D eigenvalue weighted by molar-refractivity contribution is -0.140. The van der Waals surface area contributed by atoms with Gasteiger partial charge in [0.1, 0.15) is 5.92 Å². The summed E-state index contributed by atoms with van der Waals surface area (Å²) in [4.78, 5) is 23.4. The van der Waals surface area contributed by atoms with E-state index in [1.54, 1.807) is 6.07 Å². The van der Waals surface area contributed by atoms with Gasteiger partial charge in [-0.1, -0.05) is 39.5 Å². The summed E-state index contributed by atoms with van der Waals surface area (Å²) in [6.45, 7) is 4.14. The minimum absolute atomic E-state index is 0.137. The Kier molecular flexibility index (Phi) is 6.33. The maximum absolute atomic E-state index is 12.1. The molecule has 1 aromatic heterocycles. The summed E-state index contributed by atoms with van der Waals surface area (Å²) >= 11 is 0. The number of unbranched alkanes of at least 4 members (excludes halogenated alkanes) is 1. The number of carboxylic acids is 1. The molecule has 0 radical (unpaired) electrons. The Balaban J connectivity index is 2.72. The number of furan rings is 1. The van der Waals surface area contributed by atoms with Gasteiger partial charge < -0.3 is 9.52 Å². The average molecular weight is 266 g/mol. The van der Waals surface area contributed by atoms with Crippen molar-refractivity contribution in [2.45, 2.75) is 46.0 Å². The zero-order chi connectivity index (χ0) is 14.3. The zero-order valence-electron chi connectivity index (χ0n) is 11.6. The summed E-state index contributed by atoms with van der Waals surface area (Å²) in [7, 11) is 0. The second-order valence-electron chi connectivity index (χ2n) is 4.88. The first-order chi connectivity index (χ1) is 9.10. The first kappa shape index (κ1) is 15.5. The minimum atomic E-state index is -1.06. The Morgan fingerprint density at radius 1 is 1.37 bits per heavy atom. The molecule has 0 amide bonds. The van der Waals surface area contributed by atoms with Crippen LogP contribution < -0.4 is 0 Å². The van der Waals surface area contributed by atoms with Crippen LogP contribution in [0.25, 0.3) is 0 Å². The summed E-state index contributed by atoms with van der Waals surface area (Å²) < 4.78 is 5.01. The quantitative estimate of drug-likeness (QED) is 0.545. The van der Waals surface area contributed by atoms with Gasteiger partial charge in [0.05, 0.1) is 6.26 Å². The maximum Gasteiger partial charge on any atom is 0.314 e. The number of rotatable bonds is 9. The third-order valence-electron chi connectivity index (χ3n) is 3.49. The van der Waals surface area contributed by atoms with Crippen molar-refractivity contribution in [3.8, 4) is 0 Å². The standard InChI is InChI=1S/C15H22O4/c1-3-5-7-11(4-2)10-12(15(17)18)14(16)13-8-6-9-19-13/h6,8-9,11-12H,3-5,7,10H2,1-2H3,(H,17,18). The molecule has 0 aromatic carbocycles. The number of hydrogen-bond donors (Lipinski definition) is 1. The second kappa shape index (κ2) is 7.77. The predicted molar refractivity (Wildman–Crippen MR) is 72.1 cm³/mol. The topological polar surface area (TPSA) is 67.5 Å². The first-order valence-electron chi connectivity index (χ1n) is 6.90. The van der Waals surface area contributed by atoms with E-state index in [-0.39, 0.29) is 11.7 Å². The molecule has 1 rings (SSSR count). The molecule has 0 saturated carbocycles. The highest BCUT2D eigenvalue weighted by atomic mass is 16.4. The maximum atomic E-state index is 12.1. The molecule has 19 heavy (non-hydrogen) atoms. The molecule has 4 nitrogen and oxygen atoms in total. The van der Waals surface area contributed by atoms with Crippen molar-refractivity contribution < 1.29 is 19.1 Å². The van der Waals surface area contributed by atoms with E-state index in [0.717, 1.165) is 25.7 Å². The van der Waals surface area contributed by atoms with Crippen LogP contribution in [0.15, 0.2) is 22.8 Å². The SMILES string of the molecule is CCCCC(CC)CC(C(=O)O)C(=O)c1ccco1. The third-order valence-corrected chi connectivity index (χ3v) is 3.49. The van der Waals surface area contributed by atoms with Crippen molar-refractivity contribution in [1.82, 2.24) is 0 Å². The molecule has 4 heteroatoms. The number of aliphatic carboxylic acids is 1. The molecule has 2 unspecified atom stereocenters. The molecule has 0 fully saturated rings. The molecule has 0 spiro atoms. The molecule has 1 N–H and O–H groups in total. The Labute approximate surface area is 113 Å². The Morgan fingerprint density at radius 3 is 2.58 bits per heavy atom. The number of hydrogen-bond acceptors (Lipinski definition) is 3. The lowest BCUT2D eigenvalue weighted by Crippen LogP contribution is -2.26. The van der Waals surface area contributed by atoms with Gasteiger partial charge in [0.15, 0.2) is 5.76 Å². The number of Topliss-reactive ketones (excluding diaryl/α,β-unsaturated/α-hetero) is 1. The number of carboxylic acid groups (broad SMARTS) is 1. The second-order valence-corrected chi connectivity index (χ2v) is 4.88. The number of carbonyl (C=O) groups is 2. The highest BCUT2D eigenvalue weighted by Gasteiger charge is 2.31. The van der Waals surface area contributed by atoms with E-state index < -0.39 is 17.7 Å². The molecule has 106 valence electrons. The van der Waals surface area contributed by atoms with Crippen LogP contribution in [0.3, 0.4) is 0 Å². The first-order valence-corrected chi connectivity index (χ1v) is 6.90. The van der Waals surface area contributed by atoms with Crippen LogP contribution in [0.4, 0.5) is 0 Å². The van der Waals surface area contributed by atoms with Gasteiger partial charge in [-0.05, 0) is 24.5 Å². The van der Waals surface area contributed by atoms with Crippen LogP contribution >= 0.6 is 0 Å². The van der Waals surface area contributed by atoms with Crippen molar-refractivity contribution in [3.63, 3.8) is 0 Å². The highest BCUT2D eigenvalue weighted by Crippen LogP contribution is 2.24. The van der Waals surface area contributed by atoms with Crippen LogP contribution in [0.1, 0.15) is 56.5 Å². The number of carbonyl (C=O) groups excluding carboxylic acids is 1. The van der Waals surface area contributed by atoms with Crippen molar-refractivity contribution in [3.05, 3.63) is 24.2 Å². The molecule has 1 aromatic rings. The molecular formula is C15H22O4. The highest BCUT2D eigenvalue weighted by molar-refractivity contribution is 6.06. The normalized spacial score (nSPS) is 14.0. The zero-order valence-corrected chi connectivity index (χ0v) is 11.6. The molecule has 0 saturated heterocycles. The third kappa shape index (κ3) is 4.54. The molecular weight excluding hydrogens is 244 g/mol. The van der Waals surface area contributed by atoms with E-state index in [1.807, 2.05) is 6.92 Å². The minimum Gasteiger partial charge on any atom is -0.481 e. The summed E-state index contributed by atoms with van der Waals surface area (Å²) in [5.74, 6) is -2.06. The molecule has 0 aliphatic heterocycles. The smallest absolute Gasteiger partial charge is 0.314 e. The van der Waals surface area contributed by atoms with Crippen molar-refractivity contribution in [1.29, 1.82) is 0 Å². The molecule has 2 atom stereocenters. The molecule has 1 heterocycles. The van der Waals surface area contributed by atoms with Gasteiger partial charge in [-0.25, -0.2) is 0 Å². The van der Waals surface area contributed by atoms with Crippen molar-refractivity contribution >= 4 is 11.8 Å². The summed E-state index contributed by atoms with van der Waals surface area (Å²) in [6.07, 6.45) is 5.81. The summed E-state index contributed by atoms with van der Waals surface area (Å²) in [6, 6.07) is 3.12. The molecule has 0 bridgehead atoms. The monoisotopic (exact) mass is 266 g/mol. The van der Waals surface area contributed by atoms with E-state index in [2.05, 4.69) is 6.92 Å². The van der Waals surface area contributed by atoms with E-state index in [9.17, 15) is 14.7 Å². The van der Waals surface area contributed by atoms with Gasteiger partial charge in [0, 0.05) is 0 Å². The lowest BCUT2D eigenvalue weighted by Gasteiger charge is -2.18. The van der Waals surface area contributed by atoms with E-state index >= 15 is 0 Å². The van der Waals surface area contributed by atoms with Gasteiger partial charge in [-0.3, -0.25) is 9.59 Å². The van der Waals surface area contributed by atoms with Crippen molar-refractivity contribution in [2.75, 3.05) is 0 Å². The van der Waals surface area contributed by atoms with Crippen LogP contribution in [0.2, 0.25) is 0 Å². The van der Waals surface area contributed by atoms with Crippen LogP contribution in [0.5, 0.6) is 0 Å². The van der Waals surface area contributed by atoms with Gasteiger partial charge in [0.2, 0.25) is 5.78 Å². The molecule has 0 aliphatic carbocycles. The van der Waals surface area contributed by atoms with Gasteiger partial charge >= 0.3 is 5.97 Å². The summed E-state index contributed by atoms with van der Waals surface area (Å²) in [5, 5.41) is 9.25. The fraction of sp³-hybridized carbons (Fsp3) is 0.600. The van der Waals surface area contributed by atoms with Crippen LogP contribution in [-0.4, -0.2) is 16.9 Å². The van der Waals surface area contributed by atoms with E-state index in [1.165, 1.54) is 12.3 Å². The number of ketones is 1. The Bertz CT molecular complexity index is 394. The van der Waals surface area contributed by atoms with Gasteiger partial charge in [0.25, 0.3) is 0 Å². The lowest BCUT2D eigenvalue weighted by atomic mass is 9.86. The van der Waals surface area contributed by atoms with Gasteiger partial charge in [-0.2, -0.15) is 0 Å². The van der Waals surface area contributed by atoms with E-state index in [0.29, 0.717) is 6.42 Å². The predicted octanol–water partition coefficient (Wildman–Crippen LogP) is 3.77. The largest absolute Gasteiger partial charge is 0.481 e. The van der Waals surface area contributed by atoms with E-state index in [4.69, 9.17) is 4.42 Å². The summed E-state index contributed by atoms with van der Waals surface area (Å²) in [5.41, 5.74) is 0. The van der Waals surface area contributed by atoms with Gasteiger partial charge in [-0.15, -0.1) is 0 Å².